The number of benzene rings is 1. The average Bonchev–Trinajstić information content (AvgIpc) is 3.16. The van der Waals surface area contributed by atoms with Gasteiger partial charge in [-0.05, 0) is 30.5 Å². The van der Waals surface area contributed by atoms with Crippen LogP contribution in [0, 0.1) is 11.3 Å². The molecular weight excluding hydrogens is 244 g/mol. The van der Waals surface area contributed by atoms with Crippen molar-refractivity contribution in [2.75, 3.05) is 0 Å². The maximum Gasteiger partial charge on any atom is 0.208 e. The minimum atomic E-state index is 0.613. The summed E-state index contributed by atoms with van der Waals surface area (Å²) < 4.78 is 0. The van der Waals surface area contributed by atoms with Gasteiger partial charge in [0.25, 0.3) is 0 Å². The number of thioether (sulfide) groups is 1. The topological polar surface area (TPSA) is 65.4 Å². The van der Waals surface area contributed by atoms with Crippen LogP contribution in [0.1, 0.15) is 35.7 Å². The third kappa shape index (κ3) is 2.54. The van der Waals surface area contributed by atoms with E-state index in [4.69, 9.17) is 5.26 Å². The Kier molecular flexibility index (Phi) is 3.03. The second-order valence-electron chi connectivity index (χ2n) is 4.37. The number of hydrogen-bond donors (Lipinski definition) is 1. The Bertz CT molecular complexity index is 578. The van der Waals surface area contributed by atoms with Crippen molar-refractivity contribution < 1.29 is 0 Å². The molecular formula is C13H12N4S. The van der Waals surface area contributed by atoms with Crippen LogP contribution in [0.15, 0.2) is 29.4 Å². The van der Waals surface area contributed by atoms with E-state index >= 15 is 0 Å². The van der Waals surface area contributed by atoms with Gasteiger partial charge < -0.3 is 0 Å². The second kappa shape index (κ2) is 4.83. The molecule has 0 atom stereocenters. The van der Waals surface area contributed by atoms with E-state index in [1.165, 1.54) is 18.4 Å². The molecule has 1 aliphatic rings. The average molecular weight is 256 g/mol. The first-order valence-corrected chi connectivity index (χ1v) is 6.88. The Hall–Kier alpha value is -1.80. The van der Waals surface area contributed by atoms with E-state index in [9.17, 15) is 0 Å². The maximum atomic E-state index is 8.72. The second-order valence-corrected chi connectivity index (χ2v) is 5.32. The van der Waals surface area contributed by atoms with Gasteiger partial charge in [0.1, 0.15) is 5.82 Å². The summed E-state index contributed by atoms with van der Waals surface area (Å²) >= 11 is 1.62. The van der Waals surface area contributed by atoms with Crippen molar-refractivity contribution >= 4 is 11.8 Å². The smallest absolute Gasteiger partial charge is 0.208 e. The summed E-state index contributed by atoms with van der Waals surface area (Å²) in [5, 5.41) is 16.7. The molecule has 18 heavy (non-hydrogen) atoms. The SMILES string of the molecule is N#Cc1ccc(CSc2n[nH]c(C3CC3)n2)cc1. The van der Waals surface area contributed by atoms with E-state index in [0.717, 1.165) is 16.7 Å². The van der Waals surface area contributed by atoms with Crippen LogP contribution >= 0.6 is 11.8 Å². The summed E-state index contributed by atoms with van der Waals surface area (Å²) in [7, 11) is 0. The van der Waals surface area contributed by atoms with Gasteiger partial charge in [-0.3, -0.25) is 5.10 Å². The molecule has 1 aromatic carbocycles. The fourth-order valence-electron chi connectivity index (χ4n) is 1.69. The number of hydrogen-bond acceptors (Lipinski definition) is 4. The molecule has 0 radical (unpaired) electrons. The standard InChI is InChI=1S/C13H12N4S/c14-7-9-1-3-10(4-2-9)8-18-13-15-12(16-17-13)11-5-6-11/h1-4,11H,5-6,8H2,(H,15,16,17). The summed E-state index contributed by atoms with van der Waals surface area (Å²) in [6, 6.07) is 9.73. The summed E-state index contributed by atoms with van der Waals surface area (Å²) in [5.74, 6) is 2.47. The fourth-order valence-corrected chi connectivity index (χ4v) is 2.45. The lowest BCUT2D eigenvalue weighted by molar-refractivity contribution is 0.932. The minimum Gasteiger partial charge on any atom is -0.262 e. The normalized spacial score (nSPS) is 14.4. The van der Waals surface area contributed by atoms with Gasteiger partial charge in [0.2, 0.25) is 5.16 Å². The lowest BCUT2D eigenvalue weighted by Crippen LogP contribution is -1.83. The quantitative estimate of drug-likeness (QED) is 0.854. The van der Waals surface area contributed by atoms with Crippen LogP contribution in [0.4, 0.5) is 0 Å². The zero-order valence-electron chi connectivity index (χ0n) is 9.76. The van der Waals surface area contributed by atoms with Crippen LogP contribution < -0.4 is 0 Å². The highest BCUT2D eigenvalue weighted by Gasteiger charge is 2.27. The van der Waals surface area contributed by atoms with Crippen molar-refractivity contribution in [2.45, 2.75) is 29.7 Å². The molecule has 0 bridgehead atoms. The monoisotopic (exact) mass is 256 g/mol. The molecule has 0 unspecified atom stereocenters. The van der Waals surface area contributed by atoms with Crippen molar-refractivity contribution in [3.8, 4) is 6.07 Å². The van der Waals surface area contributed by atoms with Crippen molar-refractivity contribution in [3.63, 3.8) is 0 Å². The number of aromatic nitrogens is 3. The molecule has 1 N–H and O–H groups in total. The Morgan fingerprint density at radius 2 is 2.11 bits per heavy atom. The van der Waals surface area contributed by atoms with Crippen molar-refractivity contribution in [1.29, 1.82) is 5.26 Å². The van der Waals surface area contributed by atoms with Crippen LogP contribution in [0.25, 0.3) is 0 Å². The van der Waals surface area contributed by atoms with E-state index in [0.29, 0.717) is 11.5 Å². The molecule has 1 fully saturated rings. The Morgan fingerprint density at radius 3 is 2.78 bits per heavy atom. The molecule has 90 valence electrons. The van der Waals surface area contributed by atoms with Gasteiger partial charge in [-0.15, -0.1) is 5.10 Å². The highest BCUT2D eigenvalue weighted by Crippen LogP contribution is 2.38. The Balaban J connectivity index is 1.60. The summed E-state index contributed by atoms with van der Waals surface area (Å²) in [4.78, 5) is 4.46. The van der Waals surface area contributed by atoms with Crippen LogP contribution in [-0.2, 0) is 5.75 Å². The molecule has 2 aromatic rings. The zero-order chi connectivity index (χ0) is 12.4. The van der Waals surface area contributed by atoms with Gasteiger partial charge in [0.15, 0.2) is 0 Å². The first-order chi connectivity index (χ1) is 8.85. The number of nitriles is 1. The fraction of sp³-hybridized carbons (Fsp3) is 0.308. The molecule has 3 rings (SSSR count). The van der Waals surface area contributed by atoms with E-state index in [1.807, 2.05) is 24.3 Å². The molecule has 1 saturated carbocycles. The van der Waals surface area contributed by atoms with Crippen LogP contribution in [0.2, 0.25) is 0 Å². The predicted octanol–water partition coefficient (Wildman–Crippen LogP) is 2.85. The number of rotatable bonds is 4. The van der Waals surface area contributed by atoms with Crippen molar-refractivity contribution in [3.05, 3.63) is 41.2 Å². The lowest BCUT2D eigenvalue weighted by atomic mass is 10.2. The number of nitrogens with one attached hydrogen (secondary N) is 1. The van der Waals surface area contributed by atoms with Crippen LogP contribution in [-0.4, -0.2) is 15.2 Å². The van der Waals surface area contributed by atoms with Gasteiger partial charge in [-0.2, -0.15) is 5.26 Å². The summed E-state index contributed by atoms with van der Waals surface area (Å²) in [6.45, 7) is 0. The molecule has 1 heterocycles. The molecule has 0 amide bonds. The highest BCUT2D eigenvalue weighted by molar-refractivity contribution is 7.98. The van der Waals surface area contributed by atoms with Gasteiger partial charge in [-0.1, -0.05) is 23.9 Å². The Morgan fingerprint density at radius 1 is 1.33 bits per heavy atom. The maximum absolute atomic E-state index is 8.72. The molecule has 0 aliphatic heterocycles. The first kappa shape index (κ1) is 11.3. The van der Waals surface area contributed by atoms with Crippen LogP contribution in [0.3, 0.4) is 0 Å². The van der Waals surface area contributed by atoms with E-state index in [2.05, 4.69) is 21.3 Å². The molecule has 4 nitrogen and oxygen atoms in total. The van der Waals surface area contributed by atoms with Crippen LogP contribution in [0.5, 0.6) is 0 Å². The van der Waals surface area contributed by atoms with Gasteiger partial charge >= 0.3 is 0 Å². The molecule has 0 spiro atoms. The van der Waals surface area contributed by atoms with E-state index in [-0.39, 0.29) is 0 Å². The molecule has 0 saturated heterocycles. The van der Waals surface area contributed by atoms with Crippen molar-refractivity contribution in [1.82, 2.24) is 15.2 Å². The molecule has 1 aliphatic carbocycles. The Labute approximate surface area is 109 Å². The number of H-pyrrole nitrogens is 1. The van der Waals surface area contributed by atoms with Gasteiger partial charge in [-0.25, -0.2) is 4.98 Å². The zero-order valence-corrected chi connectivity index (χ0v) is 10.6. The molecule has 5 heteroatoms. The minimum absolute atomic E-state index is 0.613. The number of nitrogens with zero attached hydrogens (tertiary/aromatic N) is 3. The highest BCUT2D eigenvalue weighted by atomic mass is 32.2. The lowest BCUT2D eigenvalue weighted by Gasteiger charge is -1.98. The number of aromatic amines is 1. The summed E-state index contributed by atoms with van der Waals surface area (Å²) in [5.41, 5.74) is 1.87. The van der Waals surface area contributed by atoms with E-state index in [1.54, 1.807) is 11.8 Å². The molecule has 1 aromatic heterocycles. The first-order valence-electron chi connectivity index (χ1n) is 5.89. The van der Waals surface area contributed by atoms with Gasteiger partial charge in [0.05, 0.1) is 11.6 Å². The largest absolute Gasteiger partial charge is 0.262 e. The van der Waals surface area contributed by atoms with E-state index < -0.39 is 0 Å². The predicted molar refractivity (Wildman–Crippen MR) is 69.1 cm³/mol. The van der Waals surface area contributed by atoms with Gasteiger partial charge in [0, 0.05) is 11.7 Å². The summed E-state index contributed by atoms with van der Waals surface area (Å²) in [6.07, 6.45) is 2.46. The third-order valence-corrected chi connectivity index (χ3v) is 3.82. The van der Waals surface area contributed by atoms with Crippen molar-refractivity contribution in [2.24, 2.45) is 0 Å². The third-order valence-electron chi connectivity index (χ3n) is 2.90.